The van der Waals surface area contributed by atoms with Gasteiger partial charge in [0.25, 0.3) is 0 Å². The van der Waals surface area contributed by atoms with Crippen molar-refractivity contribution >= 4 is 22.6 Å². The quantitative estimate of drug-likeness (QED) is 0.390. The van der Waals surface area contributed by atoms with Crippen molar-refractivity contribution < 1.29 is 13.2 Å². The van der Waals surface area contributed by atoms with Crippen LogP contribution < -0.4 is 0 Å². The van der Waals surface area contributed by atoms with Gasteiger partial charge in [-0.25, -0.2) is 4.68 Å². The standard InChI is InChI=1S/C23H23F3N2S/c1-5-17-9-10-19(14-18(17)6-2)15(3)12-22(23(24,25)26)28-16(4)13-20(27-28)21-8-7-11-29-21/h7-14H,3,5-6H2,1-2,4H3/b22-12-. The van der Waals surface area contributed by atoms with E-state index < -0.39 is 11.9 Å². The smallest absolute Gasteiger partial charge is 0.232 e. The Kier molecular flexibility index (Phi) is 6.13. The third-order valence-electron chi connectivity index (χ3n) is 4.83. The maximum Gasteiger partial charge on any atom is 0.433 e. The van der Waals surface area contributed by atoms with Crippen LogP contribution in [0.1, 0.15) is 36.2 Å². The number of aromatic nitrogens is 2. The maximum atomic E-state index is 13.9. The summed E-state index contributed by atoms with van der Waals surface area (Å²) in [7, 11) is 0. The highest BCUT2D eigenvalue weighted by molar-refractivity contribution is 7.13. The highest BCUT2D eigenvalue weighted by atomic mass is 32.1. The van der Waals surface area contributed by atoms with Crippen LogP contribution in [0.25, 0.3) is 21.8 Å². The van der Waals surface area contributed by atoms with Gasteiger partial charge in [-0.15, -0.1) is 11.3 Å². The lowest BCUT2D eigenvalue weighted by Crippen LogP contribution is -2.18. The Balaban J connectivity index is 2.04. The molecule has 0 aliphatic rings. The van der Waals surface area contributed by atoms with Gasteiger partial charge in [-0.1, -0.05) is 44.7 Å². The molecule has 0 aliphatic heterocycles. The lowest BCUT2D eigenvalue weighted by molar-refractivity contribution is -0.0744. The molecule has 0 saturated carbocycles. The first-order valence-electron chi connectivity index (χ1n) is 9.45. The summed E-state index contributed by atoms with van der Waals surface area (Å²) in [5.41, 5.74) is 3.42. The molecule has 0 atom stereocenters. The normalized spacial score (nSPS) is 12.4. The Morgan fingerprint density at radius 3 is 2.45 bits per heavy atom. The van der Waals surface area contributed by atoms with Crippen molar-refractivity contribution in [1.29, 1.82) is 0 Å². The van der Waals surface area contributed by atoms with Crippen molar-refractivity contribution in [2.45, 2.75) is 39.8 Å². The molecule has 0 aliphatic carbocycles. The van der Waals surface area contributed by atoms with Gasteiger partial charge in [0.05, 0.1) is 4.88 Å². The summed E-state index contributed by atoms with van der Waals surface area (Å²) in [5.74, 6) is 0. The predicted molar refractivity (Wildman–Crippen MR) is 115 cm³/mol. The molecule has 2 aromatic heterocycles. The number of hydrogen-bond acceptors (Lipinski definition) is 2. The largest absolute Gasteiger partial charge is 0.433 e. The minimum atomic E-state index is -4.57. The number of aryl methyl sites for hydroxylation is 3. The molecule has 29 heavy (non-hydrogen) atoms. The van der Waals surface area contributed by atoms with E-state index in [1.807, 2.05) is 42.6 Å². The molecule has 0 bridgehead atoms. The highest BCUT2D eigenvalue weighted by Crippen LogP contribution is 2.34. The van der Waals surface area contributed by atoms with E-state index in [0.717, 1.165) is 34.0 Å². The van der Waals surface area contributed by atoms with E-state index in [1.54, 1.807) is 13.0 Å². The number of thiophene rings is 1. The van der Waals surface area contributed by atoms with Crippen molar-refractivity contribution in [2.24, 2.45) is 0 Å². The van der Waals surface area contributed by atoms with Gasteiger partial charge in [0.15, 0.2) is 0 Å². The third-order valence-corrected chi connectivity index (χ3v) is 5.72. The van der Waals surface area contributed by atoms with Crippen LogP contribution in [0.15, 0.2) is 54.4 Å². The summed E-state index contributed by atoms with van der Waals surface area (Å²) in [6.45, 7) is 9.63. The number of allylic oxidation sites excluding steroid dienone is 3. The van der Waals surface area contributed by atoms with Gasteiger partial charge in [-0.05, 0) is 65.6 Å². The molecule has 1 aromatic carbocycles. The fourth-order valence-corrected chi connectivity index (χ4v) is 3.96. The summed E-state index contributed by atoms with van der Waals surface area (Å²) < 4.78 is 42.7. The van der Waals surface area contributed by atoms with Crippen molar-refractivity contribution in [2.75, 3.05) is 0 Å². The maximum absolute atomic E-state index is 13.9. The van der Waals surface area contributed by atoms with Crippen LogP contribution >= 0.6 is 11.3 Å². The lowest BCUT2D eigenvalue weighted by Gasteiger charge is -2.15. The summed E-state index contributed by atoms with van der Waals surface area (Å²) in [4.78, 5) is 0.829. The highest BCUT2D eigenvalue weighted by Gasteiger charge is 2.37. The molecule has 0 unspecified atom stereocenters. The van der Waals surface area contributed by atoms with Gasteiger partial charge < -0.3 is 0 Å². The topological polar surface area (TPSA) is 17.8 Å². The third kappa shape index (κ3) is 4.53. The van der Waals surface area contributed by atoms with Crippen LogP contribution in [0.4, 0.5) is 13.2 Å². The minimum Gasteiger partial charge on any atom is -0.232 e. The fourth-order valence-electron chi connectivity index (χ4n) is 3.27. The molecular formula is C23H23F3N2S. The molecule has 2 heterocycles. The second-order valence-electron chi connectivity index (χ2n) is 6.80. The zero-order chi connectivity index (χ0) is 21.2. The average molecular weight is 417 g/mol. The molecule has 0 spiro atoms. The van der Waals surface area contributed by atoms with Crippen molar-refractivity contribution in [3.8, 4) is 10.6 Å². The number of nitrogens with zero attached hydrogens (tertiary/aromatic N) is 2. The zero-order valence-electron chi connectivity index (χ0n) is 16.7. The molecule has 0 radical (unpaired) electrons. The van der Waals surface area contributed by atoms with Gasteiger partial charge >= 0.3 is 6.18 Å². The summed E-state index contributed by atoms with van der Waals surface area (Å²) in [5, 5.41) is 6.10. The number of benzene rings is 1. The van der Waals surface area contributed by atoms with Crippen LogP contribution in [0, 0.1) is 6.92 Å². The number of rotatable bonds is 6. The van der Waals surface area contributed by atoms with E-state index in [-0.39, 0.29) is 0 Å². The Labute approximate surface area is 173 Å². The number of halogens is 3. The first kappa shape index (κ1) is 21.1. The minimum absolute atomic E-state index is 0.308. The van der Waals surface area contributed by atoms with Crippen LogP contribution in [0.3, 0.4) is 0 Å². The van der Waals surface area contributed by atoms with Crippen LogP contribution in [-0.4, -0.2) is 16.0 Å². The Bertz CT molecular complexity index is 1040. The molecule has 3 aromatic rings. The molecule has 0 amide bonds. The van der Waals surface area contributed by atoms with Gasteiger partial charge in [0.1, 0.15) is 11.4 Å². The molecule has 3 rings (SSSR count). The van der Waals surface area contributed by atoms with E-state index in [2.05, 4.69) is 18.6 Å². The SMILES string of the molecule is C=C(/C=C(\n1nc(-c2cccs2)cc1C)C(F)(F)F)c1ccc(CC)c(CC)c1. The number of hydrogen-bond donors (Lipinski definition) is 0. The molecule has 0 N–H and O–H groups in total. The van der Waals surface area contributed by atoms with E-state index in [9.17, 15) is 13.2 Å². The zero-order valence-corrected chi connectivity index (χ0v) is 17.5. The van der Waals surface area contributed by atoms with E-state index in [0.29, 0.717) is 22.5 Å². The Morgan fingerprint density at radius 2 is 1.86 bits per heavy atom. The van der Waals surface area contributed by atoms with Gasteiger partial charge in [-0.3, -0.25) is 0 Å². The van der Waals surface area contributed by atoms with Crippen LogP contribution in [0.5, 0.6) is 0 Å². The monoisotopic (exact) mass is 416 g/mol. The molecule has 152 valence electrons. The molecule has 0 fully saturated rings. The van der Waals surface area contributed by atoms with Crippen LogP contribution in [0.2, 0.25) is 0 Å². The first-order chi connectivity index (χ1) is 13.7. The molecular weight excluding hydrogens is 393 g/mol. The first-order valence-corrected chi connectivity index (χ1v) is 10.3. The second kappa shape index (κ2) is 8.41. The fraction of sp³-hybridized carbons (Fsp3) is 0.261. The lowest BCUT2D eigenvalue weighted by atomic mass is 9.96. The van der Waals surface area contributed by atoms with Crippen molar-refractivity contribution in [3.05, 3.63) is 76.8 Å². The number of alkyl halides is 3. The molecule has 0 saturated heterocycles. The Hall–Kier alpha value is -2.60. The summed E-state index contributed by atoms with van der Waals surface area (Å²) in [6, 6.07) is 11.1. The van der Waals surface area contributed by atoms with Gasteiger partial charge in [0.2, 0.25) is 0 Å². The van der Waals surface area contributed by atoms with Crippen molar-refractivity contribution in [1.82, 2.24) is 9.78 Å². The average Bonchev–Trinajstić information content (AvgIpc) is 3.34. The Morgan fingerprint density at radius 1 is 1.14 bits per heavy atom. The van der Waals surface area contributed by atoms with Gasteiger partial charge in [-0.2, -0.15) is 18.3 Å². The molecule has 2 nitrogen and oxygen atoms in total. The van der Waals surface area contributed by atoms with E-state index in [4.69, 9.17) is 0 Å². The summed E-state index contributed by atoms with van der Waals surface area (Å²) in [6.07, 6.45) is -1.78. The molecule has 6 heteroatoms. The second-order valence-corrected chi connectivity index (χ2v) is 7.75. The predicted octanol–water partition coefficient (Wildman–Crippen LogP) is 7.16. The van der Waals surface area contributed by atoms with E-state index in [1.165, 1.54) is 16.9 Å². The van der Waals surface area contributed by atoms with E-state index >= 15 is 0 Å². The van der Waals surface area contributed by atoms with Gasteiger partial charge in [0, 0.05) is 5.69 Å². The van der Waals surface area contributed by atoms with Crippen LogP contribution in [-0.2, 0) is 12.8 Å². The van der Waals surface area contributed by atoms with Crippen molar-refractivity contribution in [3.63, 3.8) is 0 Å². The summed E-state index contributed by atoms with van der Waals surface area (Å²) >= 11 is 1.44.